The van der Waals surface area contributed by atoms with Gasteiger partial charge in [0.25, 0.3) is 5.91 Å². The number of aromatic nitrogens is 1. The minimum atomic E-state index is -3.35. The monoisotopic (exact) mass is 495 g/mol. The van der Waals surface area contributed by atoms with Crippen molar-refractivity contribution in [2.24, 2.45) is 0 Å². The third kappa shape index (κ3) is 5.78. The molecule has 2 heterocycles. The van der Waals surface area contributed by atoms with E-state index in [9.17, 15) is 22.8 Å². The van der Waals surface area contributed by atoms with Crippen molar-refractivity contribution in [3.63, 3.8) is 0 Å². The summed E-state index contributed by atoms with van der Waals surface area (Å²) in [7, 11) is 0. The van der Waals surface area contributed by atoms with Crippen LogP contribution in [0.3, 0.4) is 0 Å². The minimum absolute atomic E-state index is 0.0500. The molecule has 1 aliphatic rings. The molecule has 0 aliphatic carbocycles. The number of hydrogen-bond donors (Lipinski definition) is 0. The summed E-state index contributed by atoms with van der Waals surface area (Å²) < 4.78 is 41.6. The first kappa shape index (κ1) is 26.2. The van der Waals surface area contributed by atoms with Gasteiger partial charge in [-0.05, 0) is 55.7 Å². The standard InChI is InChI=1S/C25H29ClF3N3O2/c1-5-25(28,29)24(34)32-7-6-31(13-15(32)2)14-20-9-21(26)8-18(16(20)3)11-23(33)19-10-22(27)17(4)30-12-19/h8-10,12,15H,5-7,11,13-14H2,1-4H3/t15-/m0/s1. The van der Waals surface area contributed by atoms with Gasteiger partial charge in [-0.25, -0.2) is 4.39 Å². The van der Waals surface area contributed by atoms with E-state index in [1.54, 1.807) is 13.0 Å². The zero-order chi connectivity index (χ0) is 25.2. The summed E-state index contributed by atoms with van der Waals surface area (Å²) in [6, 6.07) is 4.38. The van der Waals surface area contributed by atoms with Crippen LogP contribution in [-0.4, -0.2) is 58.1 Å². The molecule has 5 nitrogen and oxygen atoms in total. The van der Waals surface area contributed by atoms with Crippen LogP contribution in [0.5, 0.6) is 0 Å². The van der Waals surface area contributed by atoms with E-state index in [1.165, 1.54) is 31.0 Å². The number of Topliss-reactive ketones (excluding diaryl/α,β-unsaturated/α-hetero) is 1. The second-order valence-corrected chi connectivity index (χ2v) is 9.32. The molecule has 1 aromatic heterocycles. The van der Waals surface area contributed by atoms with E-state index in [1.807, 2.05) is 13.0 Å². The highest BCUT2D eigenvalue weighted by molar-refractivity contribution is 6.30. The first-order valence-corrected chi connectivity index (χ1v) is 11.6. The Bertz CT molecular complexity index is 1090. The average Bonchev–Trinajstić information content (AvgIpc) is 2.78. The normalized spacial score (nSPS) is 17.2. The molecule has 0 spiro atoms. The molecule has 1 aromatic carbocycles. The number of carbonyl (C=O) groups excluding carboxylic acids is 2. The maximum Gasteiger partial charge on any atom is 0.324 e. The van der Waals surface area contributed by atoms with Gasteiger partial charge in [-0.3, -0.25) is 19.5 Å². The van der Waals surface area contributed by atoms with Crippen LogP contribution in [0.25, 0.3) is 0 Å². The van der Waals surface area contributed by atoms with E-state index < -0.39 is 24.1 Å². The van der Waals surface area contributed by atoms with Crippen LogP contribution in [0.2, 0.25) is 5.02 Å². The number of pyridine rings is 1. The Morgan fingerprint density at radius 1 is 1.18 bits per heavy atom. The summed E-state index contributed by atoms with van der Waals surface area (Å²) in [6.45, 7) is 8.10. The van der Waals surface area contributed by atoms with E-state index in [-0.39, 0.29) is 36.0 Å². The highest BCUT2D eigenvalue weighted by atomic mass is 35.5. The molecule has 1 fully saturated rings. The predicted octanol–water partition coefficient (Wildman–Crippen LogP) is 4.99. The van der Waals surface area contributed by atoms with Gasteiger partial charge in [-0.15, -0.1) is 0 Å². The van der Waals surface area contributed by atoms with Gasteiger partial charge in [-0.2, -0.15) is 8.78 Å². The van der Waals surface area contributed by atoms with Crippen LogP contribution in [0.4, 0.5) is 13.2 Å². The van der Waals surface area contributed by atoms with Crippen LogP contribution < -0.4 is 0 Å². The number of benzene rings is 1. The first-order chi connectivity index (χ1) is 15.9. The maximum atomic E-state index is 13.9. The van der Waals surface area contributed by atoms with Crippen molar-refractivity contribution in [2.45, 2.75) is 59.0 Å². The zero-order valence-corrected chi connectivity index (χ0v) is 20.6. The molecular formula is C25H29ClF3N3O2. The van der Waals surface area contributed by atoms with Gasteiger partial charge in [0.1, 0.15) is 5.82 Å². The lowest BCUT2D eigenvalue weighted by Gasteiger charge is -2.41. The van der Waals surface area contributed by atoms with Gasteiger partial charge in [0.2, 0.25) is 0 Å². The average molecular weight is 496 g/mol. The Labute approximate surface area is 202 Å². The second-order valence-electron chi connectivity index (χ2n) is 8.88. The summed E-state index contributed by atoms with van der Waals surface area (Å²) in [4.78, 5) is 32.2. The Hall–Kier alpha value is -2.45. The van der Waals surface area contributed by atoms with Crippen LogP contribution >= 0.6 is 11.6 Å². The quantitative estimate of drug-likeness (QED) is 0.508. The summed E-state index contributed by atoms with van der Waals surface area (Å²) in [5.74, 6) is -5.26. The zero-order valence-electron chi connectivity index (χ0n) is 19.8. The van der Waals surface area contributed by atoms with Crippen molar-refractivity contribution in [3.05, 3.63) is 63.2 Å². The van der Waals surface area contributed by atoms with E-state index in [4.69, 9.17) is 11.6 Å². The molecule has 1 atom stereocenters. The highest BCUT2D eigenvalue weighted by Gasteiger charge is 2.42. The molecule has 0 saturated carbocycles. The smallest absolute Gasteiger partial charge is 0.324 e. The number of piperazine rings is 1. The summed E-state index contributed by atoms with van der Waals surface area (Å²) in [6.07, 6.45) is 0.896. The molecule has 0 bridgehead atoms. The first-order valence-electron chi connectivity index (χ1n) is 11.3. The number of ketones is 1. The van der Waals surface area contributed by atoms with Gasteiger partial charge < -0.3 is 4.90 Å². The van der Waals surface area contributed by atoms with E-state index >= 15 is 0 Å². The van der Waals surface area contributed by atoms with Gasteiger partial charge in [-0.1, -0.05) is 18.5 Å². The molecule has 9 heteroatoms. The summed E-state index contributed by atoms with van der Waals surface area (Å²) in [5, 5.41) is 0.473. The van der Waals surface area contributed by atoms with E-state index in [0.29, 0.717) is 24.7 Å². The summed E-state index contributed by atoms with van der Waals surface area (Å²) >= 11 is 6.34. The largest absolute Gasteiger partial charge is 0.332 e. The van der Waals surface area contributed by atoms with Gasteiger partial charge in [0.05, 0.1) is 5.69 Å². The van der Waals surface area contributed by atoms with Crippen molar-refractivity contribution in [1.82, 2.24) is 14.8 Å². The highest BCUT2D eigenvalue weighted by Crippen LogP contribution is 2.27. The Morgan fingerprint density at radius 2 is 1.85 bits per heavy atom. The van der Waals surface area contributed by atoms with E-state index in [2.05, 4.69) is 9.88 Å². The van der Waals surface area contributed by atoms with Gasteiger partial charge in [0.15, 0.2) is 5.78 Å². The molecule has 1 aliphatic heterocycles. The van der Waals surface area contributed by atoms with Crippen LogP contribution in [0.1, 0.15) is 53.0 Å². The molecule has 184 valence electrons. The fourth-order valence-corrected chi connectivity index (χ4v) is 4.42. The number of aryl methyl sites for hydroxylation is 1. The predicted molar refractivity (Wildman–Crippen MR) is 125 cm³/mol. The lowest BCUT2D eigenvalue weighted by molar-refractivity contribution is -0.162. The molecule has 0 unspecified atom stereocenters. The third-order valence-corrected chi connectivity index (χ3v) is 6.63. The summed E-state index contributed by atoms with van der Waals surface area (Å²) in [5.41, 5.74) is 2.96. The number of amides is 1. The molecule has 2 aromatic rings. The third-order valence-electron chi connectivity index (χ3n) is 6.41. The molecule has 0 radical (unpaired) electrons. The number of hydrogen-bond acceptors (Lipinski definition) is 4. The van der Waals surface area contributed by atoms with E-state index in [0.717, 1.165) is 16.7 Å². The SMILES string of the molecule is CCC(F)(F)C(=O)N1CCN(Cc2cc(Cl)cc(CC(=O)c3cnc(C)c(F)c3)c2C)C[C@@H]1C. The van der Waals surface area contributed by atoms with Crippen LogP contribution in [-0.2, 0) is 17.8 Å². The number of carbonyl (C=O) groups is 2. The number of halogens is 4. The minimum Gasteiger partial charge on any atom is -0.332 e. The molecule has 3 rings (SSSR count). The molecule has 1 amide bonds. The number of alkyl halides is 2. The van der Waals surface area contributed by atoms with Crippen molar-refractivity contribution in [1.29, 1.82) is 0 Å². The Balaban J connectivity index is 1.72. The van der Waals surface area contributed by atoms with Gasteiger partial charge in [0, 0.05) is 61.8 Å². The number of nitrogens with zero attached hydrogens (tertiary/aromatic N) is 3. The second kappa shape index (κ2) is 10.4. The van der Waals surface area contributed by atoms with Crippen molar-refractivity contribution in [2.75, 3.05) is 19.6 Å². The van der Waals surface area contributed by atoms with Crippen molar-refractivity contribution >= 4 is 23.3 Å². The molecule has 0 N–H and O–H groups in total. The lowest BCUT2D eigenvalue weighted by Crippen LogP contribution is -2.57. The topological polar surface area (TPSA) is 53.5 Å². The maximum absolute atomic E-state index is 13.9. The van der Waals surface area contributed by atoms with Crippen molar-refractivity contribution in [3.8, 4) is 0 Å². The van der Waals surface area contributed by atoms with Gasteiger partial charge >= 0.3 is 5.92 Å². The van der Waals surface area contributed by atoms with Crippen LogP contribution in [0, 0.1) is 19.7 Å². The fraction of sp³-hybridized carbons (Fsp3) is 0.480. The fourth-order valence-electron chi connectivity index (χ4n) is 4.16. The molecular weight excluding hydrogens is 467 g/mol. The molecule has 34 heavy (non-hydrogen) atoms. The van der Waals surface area contributed by atoms with Crippen molar-refractivity contribution < 1.29 is 22.8 Å². The molecule has 1 saturated heterocycles. The lowest BCUT2D eigenvalue weighted by atomic mass is 9.96. The Kier molecular flexibility index (Phi) is 8.03. The Morgan fingerprint density at radius 3 is 2.47 bits per heavy atom. The number of rotatable bonds is 7. The van der Waals surface area contributed by atoms with Crippen LogP contribution in [0.15, 0.2) is 24.4 Å².